The SMILES string of the molecule is O=C([O-])C(=O)N1CC[NH+](C(c2ccccc2)c2ccccc2)CC1. The van der Waals surface area contributed by atoms with Gasteiger partial charge >= 0.3 is 0 Å². The van der Waals surface area contributed by atoms with Crippen LogP contribution in [0.5, 0.6) is 0 Å². The molecule has 5 nitrogen and oxygen atoms in total. The summed E-state index contributed by atoms with van der Waals surface area (Å²) in [4.78, 5) is 25.0. The van der Waals surface area contributed by atoms with Gasteiger partial charge in [0, 0.05) is 11.1 Å². The third-order valence-corrected chi connectivity index (χ3v) is 4.54. The minimum atomic E-state index is -1.62. The van der Waals surface area contributed by atoms with Gasteiger partial charge in [0.25, 0.3) is 5.91 Å². The summed E-state index contributed by atoms with van der Waals surface area (Å²) in [7, 11) is 0. The van der Waals surface area contributed by atoms with Gasteiger partial charge in [0.05, 0.1) is 26.2 Å². The van der Waals surface area contributed by atoms with Crippen LogP contribution in [-0.4, -0.2) is 43.0 Å². The molecule has 0 radical (unpaired) electrons. The Labute approximate surface area is 141 Å². The number of carboxylic acid groups (broad SMARTS) is 1. The summed E-state index contributed by atoms with van der Waals surface area (Å²) in [6.07, 6.45) is 0. The second-order valence-electron chi connectivity index (χ2n) is 5.99. The Balaban J connectivity index is 1.81. The summed E-state index contributed by atoms with van der Waals surface area (Å²) in [6, 6.07) is 20.7. The van der Waals surface area contributed by atoms with E-state index in [1.807, 2.05) is 36.4 Å². The van der Waals surface area contributed by atoms with Crippen molar-refractivity contribution < 1.29 is 19.6 Å². The molecule has 0 bridgehead atoms. The average molecular weight is 324 g/mol. The van der Waals surface area contributed by atoms with Crippen molar-refractivity contribution in [2.45, 2.75) is 6.04 Å². The third kappa shape index (κ3) is 3.46. The van der Waals surface area contributed by atoms with E-state index in [0.29, 0.717) is 26.2 Å². The van der Waals surface area contributed by atoms with Gasteiger partial charge in [0.2, 0.25) is 0 Å². The zero-order valence-corrected chi connectivity index (χ0v) is 13.4. The zero-order valence-electron chi connectivity index (χ0n) is 13.4. The molecule has 1 saturated heterocycles. The van der Waals surface area contributed by atoms with Gasteiger partial charge in [0.15, 0.2) is 0 Å². The smallest absolute Gasteiger partial charge is 0.269 e. The molecule has 124 valence electrons. The number of carbonyl (C=O) groups excluding carboxylic acids is 2. The highest BCUT2D eigenvalue weighted by Crippen LogP contribution is 2.19. The van der Waals surface area contributed by atoms with E-state index in [9.17, 15) is 14.7 Å². The molecular formula is C19H20N2O3. The van der Waals surface area contributed by atoms with Gasteiger partial charge in [0.1, 0.15) is 12.0 Å². The number of carboxylic acids is 1. The van der Waals surface area contributed by atoms with E-state index in [2.05, 4.69) is 24.3 Å². The zero-order chi connectivity index (χ0) is 16.9. The van der Waals surface area contributed by atoms with Crippen molar-refractivity contribution in [1.29, 1.82) is 0 Å². The highest BCUT2D eigenvalue weighted by atomic mass is 16.4. The topological polar surface area (TPSA) is 64.9 Å². The lowest BCUT2D eigenvalue weighted by Crippen LogP contribution is -3.15. The highest BCUT2D eigenvalue weighted by Gasteiger charge is 2.31. The van der Waals surface area contributed by atoms with E-state index < -0.39 is 11.9 Å². The number of nitrogens with one attached hydrogen (secondary N) is 1. The Morgan fingerprint density at radius 3 is 1.75 bits per heavy atom. The molecule has 2 aromatic rings. The van der Waals surface area contributed by atoms with Gasteiger partial charge in [-0.15, -0.1) is 0 Å². The molecule has 1 amide bonds. The number of piperazine rings is 1. The van der Waals surface area contributed by atoms with Crippen molar-refractivity contribution in [2.75, 3.05) is 26.2 Å². The first-order valence-electron chi connectivity index (χ1n) is 8.11. The number of hydrogen-bond donors (Lipinski definition) is 1. The fraction of sp³-hybridized carbons (Fsp3) is 0.263. The maximum Gasteiger partial charge on any atom is 0.269 e. The summed E-state index contributed by atoms with van der Waals surface area (Å²) in [5, 5.41) is 10.7. The first-order chi connectivity index (χ1) is 11.7. The molecular weight excluding hydrogens is 304 g/mol. The first-order valence-corrected chi connectivity index (χ1v) is 8.11. The number of hydrogen-bond acceptors (Lipinski definition) is 3. The molecule has 24 heavy (non-hydrogen) atoms. The highest BCUT2D eigenvalue weighted by molar-refractivity contribution is 6.30. The number of amides is 1. The van der Waals surface area contributed by atoms with Crippen LogP contribution in [0.25, 0.3) is 0 Å². The average Bonchev–Trinajstić information content (AvgIpc) is 2.64. The number of aliphatic carboxylic acids is 1. The summed E-state index contributed by atoms with van der Waals surface area (Å²) >= 11 is 0. The molecule has 3 rings (SSSR count). The summed E-state index contributed by atoms with van der Waals surface area (Å²) in [5.41, 5.74) is 2.44. The van der Waals surface area contributed by atoms with Gasteiger partial charge in [-0.2, -0.15) is 0 Å². The van der Waals surface area contributed by atoms with E-state index >= 15 is 0 Å². The summed E-state index contributed by atoms with van der Waals surface area (Å²) in [5.74, 6) is -2.54. The molecule has 5 heteroatoms. The van der Waals surface area contributed by atoms with Crippen molar-refractivity contribution >= 4 is 11.9 Å². The van der Waals surface area contributed by atoms with Crippen LogP contribution >= 0.6 is 0 Å². The fourth-order valence-corrected chi connectivity index (χ4v) is 3.37. The van der Waals surface area contributed by atoms with Gasteiger partial charge < -0.3 is 19.7 Å². The summed E-state index contributed by atoms with van der Waals surface area (Å²) in [6.45, 7) is 2.26. The second kappa shape index (κ2) is 7.27. The maximum atomic E-state index is 11.6. The molecule has 0 unspecified atom stereocenters. The monoisotopic (exact) mass is 324 g/mol. The predicted octanol–water partition coefficient (Wildman–Crippen LogP) is -0.747. The lowest BCUT2D eigenvalue weighted by Gasteiger charge is -2.37. The maximum absolute atomic E-state index is 11.6. The van der Waals surface area contributed by atoms with Crippen molar-refractivity contribution in [3.63, 3.8) is 0 Å². The van der Waals surface area contributed by atoms with Crippen molar-refractivity contribution in [1.82, 2.24) is 4.90 Å². The molecule has 1 aliphatic rings. The van der Waals surface area contributed by atoms with Crippen molar-refractivity contribution in [3.8, 4) is 0 Å². The molecule has 0 aromatic heterocycles. The number of quaternary nitrogens is 1. The number of rotatable bonds is 3. The van der Waals surface area contributed by atoms with Crippen LogP contribution in [0.15, 0.2) is 60.7 Å². The van der Waals surface area contributed by atoms with E-state index in [0.717, 1.165) is 0 Å². The van der Waals surface area contributed by atoms with Crippen LogP contribution < -0.4 is 10.0 Å². The lowest BCUT2D eigenvalue weighted by molar-refractivity contribution is -0.929. The van der Waals surface area contributed by atoms with E-state index in [1.54, 1.807) is 0 Å². The van der Waals surface area contributed by atoms with Crippen molar-refractivity contribution in [2.24, 2.45) is 0 Å². The fourth-order valence-electron chi connectivity index (χ4n) is 3.37. The Morgan fingerprint density at radius 1 is 0.875 bits per heavy atom. The Bertz CT molecular complexity index is 656. The molecule has 1 N–H and O–H groups in total. The first kappa shape index (κ1) is 16.2. The number of carbonyl (C=O) groups is 2. The molecule has 2 aromatic carbocycles. The summed E-state index contributed by atoms with van der Waals surface area (Å²) < 4.78 is 0. The molecule has 1 heterocycles. The van der Waals surface area contributed by atoms with E-state index in [-0.39, 0.29) is 6.04 Å². The molecule has 0 spiro atoms. The Hall–Kier alpha value is -2.66. The second-order valence-corrected chi connectivity index (χ2v) is 5.99. The lowest BCUT2D eigenvalue weighted by atomic mass is 9.96. The minimum absolute atomic E-state index is 0.174. The minimum Gasteiger partial charge on any atom is -0.540 e. The molecule has 0 aliphatic carbocycles. The Morgan fingerprint density at radius 2 is 1.33 bits per heavy atom. The molecule has 1 fully saturated rings. The van der Waals surface area contributed by atoms with E-state index in [4.69, 9.17) is 0 Å². The van der Waals surface area contributed by atoms with Crippen LogP contribution in [0, 0.1) is 0 Å². The van der Waals surface area contributed by atoms with Crippen LogP contribution in [0.3, 0.4) is 0 Å². The largest absolute Gasteiger partial charge is 0.540 e. The van der Waals surface area contributed by atoms with Gasteiger partial charge in [-0.05, 0) is 0 Å². The van der Waals surface area contributed by atoms with Gasteiger partial charge in [-0.1, -0.05) is 60.7 Å². The van der Waals surface area contributed by atoms with Gasteiger partial charge in [-0.25, -0.2) is 0 Å². The van der Waals surface area contributed by atoms with Gasteiger partial charge in [-0.3, -0.25) is 4.79 Å². The number of benzene rings is 2. The van der Waals surface area contributed by atoms with Crippen LogP contribution in [0.2, 0.25) is 0 Å². The van der Waals surface area contributed by atoms with Crippen LogP contribution in [0.4, 0.5) is 0 Å². The number of nitrogens with zero attached hydrogens (tertiary/aromatic N) is 1. The Kier molecular flexibility index (Phi) is 4.91. The third-order valence-electron chi connectivity index (χ3n) is 4.54. The van der Waals surface area contributed by atoms with Crippen LogP contribution in [-0.2, 0) is 9.59 Å². The molecule has 0 saturated carbocycles. The van der Waals surface area contributed by atoms with E-state index in [1.165, 1.54) is 20.9 Å². The van der Waals surface area contributed by atoms with Crippen LogP contribution in [0.1, 0.15) is 17.2 Å². The molecule has 1 aliphatic heterocycles. The van der Waals surface area contributed by atoms with Crippen molar-refractivity contribution in [3.05, 3.63) is 71.8 Å². The standard InChI is InChI=1S/C19H20N2O3/c22-18(19(23)24)21-13-11-20(12-14-21)17(15-7-3-1-4-8-15)16-9-5-2-6-10-16/h1-10,17H,11-14H2,(H,23,24). The predicted molar refractivity (Wildman–Crippen MR) is 87.0 cm³/mol. The normalized spacial score (nSPS) is 15.5. The molecule has 0 atom stereocenters. The quantitative estimate of drug-likeness (QED) is 0.756.